The average molecular weight is 311 g/mol. The number of hydrogen-bond acceptors (Lipinski definition) is 4. The lowest BCUT2D eigenvalue weighted by Crippen LogP contribution is -2.44. The van der Waals surface area contributed by atoms with E-state index in [0.29, 0.717) is 35.4 Å². The van der Waals surface area contributed by atoms with Crippen molar-refractivity contribution in [2.75, 3.05) is 18.5 Å². The average Bonchev–Trinajstić information content (AvgIpc) is 2.81. The van der Waals surface area contributed by atoms with Crippen LogP contribution in [0.25, 0.3) is 0 Å². The molecular weight excluding hydrogens is 292 g/mol. The van der Waals surface area contributed by atoms with Gasteiger partial charge in [-0.05, 0) is 19.8 Å². The summed E-state index contributed by atoms with van der Waals surface area (Å²) < 4.78 is 11.0. The molecule has 3 rings (SSSR count). The minimum Gasteiger partial charge on any atom is -0.486 e. The number of carbonyl (C=O) groups excluding carboxylic acids is 1. The molecule has 1 aromatic carbocycles. The van der Waals surface area contributed by atoms with Gasteiger partial charge in [-0.15, -0.1) is 0 Å². The zero-order chi connectivity index (χ0) is 15.0. The molecule has 0 aromatic heterocycles. The number of benzene rings is 1. The van der Waals surface area contributed by atoms with Gasteiger partial charge in [0.25, 0.3) is 0 Å². The molecule has 0 spiro atoms. The smallest absolute Gasteiger partial charge is 0.231 e. The summed E-state index contributed by atoms with van der Waals surface area (Å²) in [5.41, 5.74) is 6.07. The molecule has 2 atom stereocenters. The van der Waals surface area contributed by atoms with Crippen LogP contribution in [-0.4, -0.2) is 25.2 Å². The standard InChI is InChI=1S/C15H19ClN2O3/c1-15(4-2-3-13(15)17)14(19)18-10-8-12-11(7-9(10)16)20-5-6-21-12/h7-8,13H,2-6,17H2,1H3,(H,18,19). The number of amides is 1. The summed E-state index contributed by atoms with van der Waals surface area (Å²) in [6.45, 7) is 2.90. The van der Waals surface area contributed by atoms with Crippen molar-refractivity contribution in [1.29, 1.82) is 0 Å². The van der Waals surface area contributed by atoms with E-state index >= 15 is 0 Å². The van der Waals surface area contributed by atoms with Gasteiger partial charge in [0.05, 0.1) is 16.1 Å². The van der Waals surface area contributed by atoms with Gasteiger partial charge >= 0.3 is 0 Å². The second-order valence-corrected chi connectivity index (χ2v) is 6.25. The summed E-state index contributed by atoms with van der Waals surface area (Å²) in [6.07, 6.45) is 2.64. The van der Waals surface area contributed by atoms with E-state index in [-0.39, 0.29) is 11.9 Å². The summed E-state index contributed by atoms with van der Waals surface area (Å²) in [7, 11) is 0. The lowest BCUT2D eigenvalue weighted by molar-refractivity contribution is -0.125. The predicted molar refractivity (Wildman–Crippen MR) is 81.0 cm³/mol. The van der Waals surface area contributed by atoms with Gasteiger partial charge in [0.1, 0.15) is 13.2 Å². The SMILES string of the molecule is CC1(C(=O)Nc2cc3c(cc2Cl)OCCO3)CCCC1N. The number of anilines is 1. The van der Waals surface area contributed by atoms with Crippen LogP contribution in [0.1, 0.15) is 26.2 Å². The second kappa shape index (κ2) is 5.39. The Kier molecular flexibility index (Phi) is 3.71. The first-order valence-corrected chi connectivity index (χ1v) is 7.55. The summed E-state index contributed by atoms with van der Waals surface area (Å²) in [5, 5.41) is 3.32. The van der Waals surface area contributed by atoms with Gasteiger partial charge in [0, 0.05) is 18.2 Å². The molecule has 1 aromatic rings. The molecule has 1 aliphatic heterocycles. The highest BCUT2D eigenvalue weighted by molar-refractivity contribution is 6.34. The molecule has 1 fully saturated rings. The van der Waals surface area contributed by atoms with Crippen molar-refractivity contribution in [3.05, 3.63) is 17.2 Å². The highest BCUT2D eigenvalue weighted by Gasteiger charge is 2.43. The second-order valence-electron chi connectivity index (χ2n) is 5.85. The number of ether oxygens (including phenoxy) is 2. The number of nitrogens with two attached hydrogens (primary N) is 1. The van der Waals surface area contributed by atoms with E-state index in [1.165, 1.54) is 0 Å². The molecule has 1 aliphatic carbocycles. The van der Waals surface area contributed by atoms with Crippen LogP contribution < -0.4 is 20.5 Å². The van der Waals surface area contributed by atoms with Crippen molar-refractivity contribution in [2.24, 2.45) is 11.1 Å². The maximum Gasteiger partial charge on any atom is 0.231 e. The van der Waals surface area contributed by atoms with Crippen LogP contribution in [0.3, 0.4) is 0 Å². The quantitative estimate of drug-likeness (QED) is 0.880. The fourth-order valence-electron chi connectivity index (χ4n) is 2.90. The lowest BCUT2D eigenvalue weighted by atomic mass is 9.84. The van der Waals surface area contributed by atoms with Crippen LogP contribution in [0, 0.1) is 5.41 Å². The zero-order valence-corrected chi connectivity index (χ0v) is 12.7. The maximum atomic E-state index is 12.5. The third-order valence-corrected chi connectivity index (χ3v) is 4.74. The van der Waals surface area contributed by atoms with E-state index in [1.807, 2.05) is 6.92 Å². The van der Waals surface area contributed by atoms with Gasteiger partial charge < -0.3 is 20.5 Å². The highest BCUT2D eigenvalue weighted by atomic mass is 35.5. The number of fused-ring (bicyclic) bond motifs is 1. The number of nitrogens with one attached hydrogen (secondary N) is 1. The third-order valence-electron chi connectivity index (χ3n) is 4.43. The van der Waals surface area contributed by atoms with E-state index in [9.17, 15) is 4.79 Å². The van der Waals surface area contributed by atoms with E-state index < -0.39 is 5.41 Å². The van der Waals surface area contributed by atoms with Gasteiger partial charge in [-0.25, -0.2) is 0 Å². The zero-order valence-electron chi connectivity index (χ0n) is 11.9. The van der Waals surface area contributed by atoms with Crippen LogP contribution in [0.5, 0.6) is 11.5 Å². The first-order valence-electron chi connectivity index (χ1n) is 7.17. The van der Waals surface area contributed by atoms with E-state index in [2.05, 4.69) is 5.32 Å². The fraction of sp³-hybridized carbons (Fsp3) is 0.533. The molecule has 0 saturated heterocycles. The molecule has 0 radical (unpaired) electrons. The van der Waals surface area contributed by atoms with Crippen LogP contribution in [0.4, 0.5) is 5.69 Å². The molecule has 1 amide bonds. The minimum absolute atomic E-state index is 0.0916. The summed E-state index contributed by atoms with van der Waals surface area (Å²) >= 11 is 6.21. The van der Waals surface area contributed by atoms with Gasteiger partial charge in [0.2, 0.25) is 5.91 Å². The van der Waals surface area contributed by atoms with Gasteiger partial charge in [-0.2, -0.15) is 0 Å². The van der Waals surface area contributed by atoms with Gasteiger partial charge in [-0.3, -0.25) is 4.79 Å². The summed E-state index contributed by atoms with van der Waals surface area (Å²) in [5.74, 6) is 1.11. The number of halogens is 1. The van der Waals surface area contributed by atoms with Crippen LogP contribution in [0.15, 0.2) is 12.1 Å². The highest BCUT2D eigenvalue weighted by Crippen LogP contribution is 2.41. The molecule has 21 heavy (non-hydrogen) atoms. The van der Waals surface area contributed by atoms with Crippen LogP contribution in [0.2, 0.25) is 5.02 Å². The molecule has 2 unspecified atom stereocenters. The Labute approximate surface area is 128 Å². The first-order chi connectivity index (χ1) is 10.0. The lowest BCUT2D eigenvalue weighted by Gasteiger charge is -2.28. The third kappa shape index (κ3) is 2.56. The largest absolute Gasteiger partial charge is 0.486 e. The van der Waals surface area contributed by atoms with Crippen molar-refractivity contribution >= 4 is 23.2 Å². The molecule has 1 saturated carbocycles. The van der Waals surface area contributed by atoms with Gasteiger partial charge in [0.15, 0.2) is 11.5 Å². The number of carbonyl (C=O) groups is 1. The molecular formula is C15H19ClN2O3. The molecule has 3 N–H and O–H groups in total. The molecule has 114 valence electrons. The van der Waals surface area contributed by atoms with Crippen molar-refractivity contribution in [2.45, 2.75) is 32.2 Å². The Morgan fingerprint density at radius 2 is 2.05 bits per heavy atom. The van der Waals surface area contributed by atoms with E-state index in [0.717, 1.165) is 19.3 Å². The Morgan fingerprint density at radius 1 is 1.38 bits per heavy atom. The van der Waals surface area contributed by atoms with Crippen molar-refractivity contribution in [3.8, 4) is 11.5 Å². The van der Waals surface area contributed by atoms with E-state index in [1.54, 1.807) is 12.1 Å². The fourth-order valence-corrected chi connectivity index (χ4v) is 3.10. The Hall–Kier alpha value is -1.46. The van der Waals surface area contributed by atoms with Crippen LogP contribution in [-0.2, 0) is 4.79 Å². The molecule has 0 bridgehead atoms. The molecule has 1 heterocycles. The molecule has 2 aliphatic rings. The summed E-state index contributed by atoms with van der Waals surface area (Å²) in [4.78, 5) is 12.5. The number of rotatable bonds is 2. The minimum atomic E-state index is -0.545. The van der Waals surface area contributed by atoms with Crippen molar-refractivity contribution in [3.63, 3.8) is 0 Å². The first kappa shape index (κ1) is 14.5. The Bertz CT molecular complexity index is 578. The van der Waals surface area contributed by atoms with Crippen molar-refractivity contribution in [1.82, 2.24) is 0 Å². The van der Waals surface area contributed by atoms with Gasteiger partial charge in [-0.1, -0.05) is 18.0 Å². The molecule has 6 heteroatoms. The van der Waals surface area contributed by atoms with E-state index in [4.69, 9.17) is 26.8 Å². The topological polar surface area (TPSA) is 73.6 Å². The number of hydrogen-bond donors (Lipinski definition) is 2. The summed E-state index contributed by atoms with van der Waals surface area (Å²) in [6, 6.07) is 3.26. The predicted octanol–water partition coefficient (Wildman–Crippen LogP) is 2.57. The molecule has 5 nitrogen and oxygen atoms in total. The Morgan fingerprint density at radius 3 is 2.67 bits per heavy atom. The normalized spacial score (nSPS) is 27.5. The Balaban J connectivity index is 1.83. The maximum absolute atomic E-state index is 12.5. The van der Waals surface area contributed by atoms with Crippen LogP contribution >= 0.6 is 11.6 Å². The monoisotopic (exact) mass is 310 g/mol. The van der Waals surface area contributed by atoms with Crippen molar-refractivity contribution < 1.29 is 14.3 Å².